The van der Waals surface area contributed by atoms with E-state index < -0.39 is 6.43 Å². The first-order valence-electron chi connectivity index (χ1n) is 5.84. The molecule has 0 aliphatic rings. The van der Waals surface area contributed by atoms with Crippen molar-refractivity contribution in [3.63, 3.8) is 0 Å². The molecule has 96 valence electrons. The summed E-state index contributed by atoms with van der Waals surface area (Å²) in [6.07, 6.45) is -0.718. The van der Waals surface area contributed by atoms with Gasteiger partial charge in [-0.3, -0.25) is 0 Å². The number of benzene rings is 1. The number of aliphatic hydroxyl groups is 1. The molecule has 0 aromatic heterocycles. The molecule has 0 radical (unpaired) electrons. The second-order valence-electron chi connectivity index (χ2n) is 4.19. The highest BCUT2D eigenvalue weighted by atomic mass is 19.3. The molecule has 1 unspecified atom stereocenters. The van der Waals surface area contributed by atoms with Gasteiger partial charge in [-0.05, 0) is 25.3 Å². The molecule has 0 saturated heterocycles. The molecule has 17 heavy (non-hydrogen) atoms. The molecule has 1 rings (SSSR count). The minimum Gasteiger partial charge on any atom is -0.396 e. The van der Waals surface area contributed by atoms with Crippen molar-refractivity contribution < 1.29 is 13.9 Å². The molecular formula is C13H19F2NO. The fourth-order valence-corrected chi connectivity index (χ4v) is 1.57. The molecule has 1 atom stereocenters. The number of aliphatic hydroxyl groups excluding tert-OH is 1. The van der Waals surface area contributed by atoms with Crippen LogP contribution in [0.2, 0.25) is 0 Å². The topological polar surface area (TPSA) is 32.3 Å². The minimum absolute atomic E-state index is 0.0575. The summed E-state index contributed by atoms with van der Waals surface area (Å²) in [5.74, 6) is 0. The number of nitrogens with one attached hydrogen (secondary N) is 1. The molecule has 0 aliphatic carbocycles. The van der Waals surface area contributed by atoms with Crippen LogP contribution in [0.3, 0.4) is 0 Å². The van der Waals surface area contributed by atoms with Gasteiger partial charge in [0, 0.05) is 24.8 Å². The van der Waals surface area contributed by atoms with Crippen molar-refractivity contribution in [1.29, 1.82) is 0 Å². The summed E-state index contributed by atoms with van der Waals surface area (Å²) in [7, 11) is 0. The van der Waals surface area contributed by atoms with Gasteiger partial charge in [-0.25, -0.2) is 8.78 Å². The lowest BCUT2D eigenvalue weighted by atomic mass is 10.1. The van der Waals surface area contributed by atoms with Crippen LogP contribution >= 0.6 is 0 Å². The van der Waals surface area contributed by atoms with Crippen molar-refractivity contribution in [2.45, 2.75) is 38.8 Å². The smallest absolute Gasteiger partial charge is 0.263 e. The maximum Gasteiger partial charge on any atom is 0.263 e. The number of rotatable bonds is 7. The van der Waals surface area contributed by atoms with Crippen LogP contribution in [0.1, 0.15) is 37.3 Å². The van der Waals surface area contributed by atoms with Gasteiger partial charge < -0.3 is 10.4 Å². The van der Waals surface area contributed by atoms with Crippen molar-refractivity contribution in [2.75, 3.05) is 6.61 Å². The molecular weight excluding hydrogens is 224 g/mol. The molecule has 0 aliphatic heterocycles. The maximum absolute atomic E-state index is 12.3. The van der Waals surface area contributed by atoms with Crippen molar-refractivity contribution >= 4 is 0 Å². The fourth-order valence-electron chi connectivity index (χ4n) is 1.57. The summed E-state index contributed by atoms with van der Waals surface area (Å²) in [5.41, 5.74) is 1.05. The van der Waals surface area contributed by atoms with Gasteiger partial charge in [0.15, 0.2) is 0 Å². The van der Waals surface area contributed by atoms with E-state index in [1.807, 2.05) is 6.92 Å². The van der Waals surface area contributed by atoms with Gasteiger partial charge in [0.2, 0.25) is 0 Å². The van der Waals surface area contributed by atoms with E-state index >= 15 is 0 Å². The van der Waals surface area contributed by atoms with Crippen LogP contribution in [-0.4, -0.2) is 17.8 Å². The predicted molar refractivity (Wildman–Crippen MR) is 64.0 cm³/mol. The average Bonchev–Trinajstić information content (AvgIpc) is 2.34. The fraction of sp³-hybridized carbons (Fsp3) is 0.538. The van der Waals surface area contributed by atoms with Crippen LogP contribution < -0.4 is 5.32 Å². The predicted octanol–water partition coefficient (Wildman–Crippen LogP) is 2.87. The van der Waals surface area contributed by atoms with E-state index in [0.717, 1.165) is 18.4 Å². The first-order chi connectivity index (χ1) is 8.13. The Morgan fingerprint density at radius 1 is 1.24 bits per heavy atom. The van der Waals surface area contributed by atoms with Gasteiger partial charge in [0.05, 0.1) is 0 Å². The standard InChI is InChI=1S/C13H19F2NO/c1-10(3-2-8-17)16-9-11-4-6-12(7-5-11)13(14)15/h4-7,10,13,16-17H,2-3,8-9H2,1H3. The summed E-state index contributed by atoms with van der Waals surface area (Å²) in [6.45, 7) is 2.91. The number of hydrogen-bond acceptors (Lipinski definition) is 2. The average molecular weight is 243 g/mol. The number of hydrogen-bond donors (Lipinski definition) is 2. The van der Waals surface area contributed by atoms with Crippen LogP contribution in [0.25, 0.3) is 0 Å². The van der Waals surface area contributed by atoms with Gasteiger partial charge in [0.25, 0.3) is 6.43 Å². The van der Waals surface area contributed by atoms with Crippen LogP contribution in [0.5, 0.6) is 0 Å². The van der Waals surface area contributed by atoms with Gasteiger partial charge in [0.1, 0.15) is 0 Å². The Labute approximate surface area is 101 Å². The molecule has 2 N–H and O–H groups in total. The summed E-state index contributed by atoms with van der Waals surface area (Å²) >= 11 is 0. The van der Waals surface area contributed by atoms with E-state index in [-0.39, 0.29) is 12.2 Å². The Hall–Kier alpha value is -1.00. The van der Waals surface area contributed by atoms with Crippen LogP contribution in [0.15, 0.2) is 24.3 Å². The lowest BCUT2D eigenvalue weighted by Gasteiger charge is -2.13. The Morgan fingerprint density at radius 2 is 1.88 bits per heavy atom. The molecule has 2 nitrogen and oxygen atoms in total. The van der Waals surface area contributed by atoms with Gasteiger partial charge in [-0.1, -0.05) is 24.3 Å². The zero-order chi connectivity index (χ0) is 12.7. The first-order valence-corrected chi connectivity index (χ1v) is 5.84. The SMILES string of the molecule is CC(CCCO)NCc1ccc(C(F)F)cc1. The molecule has 0 fully saturated rings. The molecule has 0 spiro atoms. The van der Waals surface area contributed by atoms with Gasteiger partial charge in [-0.15, -0.1) is 0 Å². The number of halogens is 2. The Balaban J connectivity index is 2.36. The van der Waals surface area contributed by atoms with Crippen molar-refractivity contribution in [1.82, 2.24) is 5.32 Å². The Bertz CT molecular complexity index is 314. The highest BCUT2D eigenvalue weighted by Gasteiger charge is 2.06. The van der Waals surface area contributed by atoms with E-state index in [1.54, 1.807) is 12.1 Å². The van der Waals surface area contributed by atoms with E-state index in [1.165, 1.54) is 12.1 Å². The molecule has 0 saturated carbocycles. The summed E-state index contributed by atoms with van der Waals surface area (Å²) < 4.78 is 24.6. The van der Waals surface area contributed by atoms with E-state index in [0.29, 0.717) is 12.6 Å². The van der Waals surface area contributed by atoms with Crippen molar-refractivity contribution in [2.24, 2.45) is 0 Å². The zero-order valence-corrected chi connectivity index (χ0v) is 10.00. The second-order valence-corrected chi connectivity index (χ2v) is 4.19. The second kappa shape index (κ2) is 7.35. The van der Waals surface area contributed by atoms with E-state index in [4.69, 9.17) is 5.11 Å². The normalized spacial score (nSPS) is 13.0. The van der Waals surface area contributed by atoms with Crippen LogP contribution in [0.4, 0.5) is 8.78 Å². The third-order valence-corrected chi connectivity index (χ3v) is 2.68. The Morgan fingerprint density at radius 3 is 2.41 bits per heavy atom. The highest BCUT2D eigenvalue weighted by Crippen LogP contribution is 2.18. The third kappa shape index (κ3) is 5.24. The number of alkyl halides is 2. The third-order valence-electron chi connectivity index (χ3n) is 2.68. The molecule has 1 aromatic carbocycles. The van der Waals surface area contributed by atoms with Gasteiger partial charge in [-0.2, -0.15) is 0 Å². The maximum atomic E-state index is 12.3. The minimum atomic E-state index is -2.40. The Kier molecular flexibility index (Phi) is 6.08. The zero-order valence-electron chi connectivity index (χ0n) is 10.00. The summed E-state index contributed by atoms with van der Waals surface area (Å²) in [6, 6.07) is 6.66. The molecule has 0 bridgehead atoms. The van der Waals surface area contributed by atoms with Crippen LogP contribution in [-0.2, 0) is 6.54 Å². The molecule has 0 amide bonds. The lowest BCUT2D eigenvalue weighted by molar-refractivity contribution is 0.151. The van der Waals surface area contributed by atoms with Crippen LogP contribution in [0, 0.1) is 0 Å². The van der Waals surface area contributed by atoms with Gasteiger partial charge >= 0.3 is 0 Å². The molecule has 0 heterocycles. The summed E-state index contributed by atoms with van der Waals surface area (Å²) in [5, 5.41) is 12.0. The summed E-state index contributed by atoms with van der Waals surface area (Å²) in [4.78, 5) is 0. The van der Waals surface area contributed by atoms with E-state index in [9.17, 15) is 8.78 Å². The largest absolute Gasteiger partial charge is 0.396 e. The monoisotopic (exact) mass is 243 g/mol. The first kappa shape index (κ1) is 14.1. The quantitative estimate of drug-likeness (QED) is 0.771. The molecule has 1 aromatic rings. The highest BCUT2D eigenvalue weighted by molar-refractivity contribution is 5.23. The van der Waals surface area contributed by atoms with Crippen molar-refractivity contribution in [3.05, 3.63) is 35.4 Å². The van der Waals surface area contributed by atoms with Crippen molar-refractivity contribution in [3.8, 4) is 0 Å². The van der Waals surface area contributed by atoms with E-state index in [2.05, 4.69) is 5.32 Å². The molecule has 4 heteroatoms. The lowest BCUT2D eigenvalue weighted by Crippen LogP contribution is -2.25.